The van der Waals surface area contributed by atoms with Crippen LogP contribution in [0.2, 0.25) is 0 Å². The predicted molar refractivity (Wildman–Crippen MR) is 128 cm³/mol. The van der Waals surface area contributed by atoms with Crippen molar-refractivity contribution in [1.82, 2.24) is 0 Å². The van der Waals surface area contributed by atoms with E-state index in [0.29, 0.717) is 12.2 Å². The fourth-order valence-electron chi connectivity index (χ4n) is 3.57. The van der Waals surface area contributed by atoms with E-state index in [-0.39, 0.29) is 16.9 Å². The van der Waals surface area contributed by atoms with Gasteiger partial charge in [0.2, 0.25) is 0 Å². The molecule has 4 heteroatoms. The van der Waals surface area contributed by atoms with E-state index < -0.39 is 17.5 Å². The largest absolute Gasteiger partial charge is 0.491 e. The van der Waals surface area contributed by atoms with Gasteiger partial charge in [0.05, 0.1) is 6.61 Å². The molecule has 0 N–H and O–H groups in total. The van der Waals surface area contributed by atoms with Crippen LogP contribution in [-0.4, -0.2) is 6.61 Å². The molecular weight excluding hydrogens is 421 g/mol. The van der Waals surface area contributed by atoms with Crippen LogP contribution in [0.3, 0.4) is 0 Å². The maximum Gasteiger partial charge on any atom is 0.167 e. The van der Waals surface area contributed by atoms with Gasteiger partial charge in [0, 0.05) is 11.1 Å². The van der Waals surface area contributed by atoms with E-state index in [9.17, 15) is 13.2 Å². The third kappa shape index (κ3) is 5.01. The highest BCUT2D eigenvalue weighted by Gasteiger charge is 2.13. The zero-order valence-corrected chi connectivity index (χ0v) is 18.4. The van der Waals surface area contributed by atoms with Gasteiger partial charge < -0.3 is 4.74 Å². The van der Waals surface area contributed by atoms with Crippen molar-refractivity contribution in [2.75, 3.05) is 6.61 Å². The maximum atomic E-state index is 14.7. The molecule has 0 aliphatic rings. The van der Waals surface area contributed by atoms with E-state index in [2.05, 4.69) is 0 Å². The molecule has 0 aliphatic carbocycles. The summed E-state index contributed by atoms with van der Waals surface area (Å²) in [6.45, 7) is 4.15. The zero-order valence-electron chi connectivity index (χ0n) is 18.4. The smallest absolute Gasteiger partial charge is 0.167 e. The molecule has 0 saturated carbocycles. The van der Waals surface area contributed by atoms with Crippen LogP contribution in [0.5, 0.6) is 5.75 Å². The third-order valence-electron chi connectivity index (χ3n) is 5.41. The van der Waals surface area contributed by atoms with Crippen molar-refractivity contribution in [2.45, 2.75) is 13.8 Å². The van der Waals surface area contributed by atoms with Gasteiger partial charge in [0.1, 0.15) is 0 Å². The summed E-state index contributed by atoms with van der Waals surface area (Å²) in [5, 5.41) is 0. The van der Waals surface area contributed by atoms with Crippen molar-refractivity contribution in [1.29, 1.82) is 0 Å². The summed E-state index contributed by atoms with van der Waals surface area (Å²) in [7, 11) is 0. The van der Waals surface area contributed by atoms with Crippen LogP contribution in [0.15, 0.2) is 78.9 Å². The standard InChI is InChI=1S/C29H23F3O/c1-3-33-27-17-15-24(18-26(27)30)21-11-6-20(7-12-21)8-13-23-14-16-25(29(32)28(23)31)22-9-4-19(2)5-10-22/h4-18H,3H2,1-2H3/b13-8+. The summed E-state index contributed by atoms with van der Waals surface area (Å²) in [4.78, 5) is 0. The number of hydrogen-bond acceptors (Lipinski definition) is 1. The van der Waals surface area contributed by atoms with Gasteiger partial charge in [-0.15, -0.1) is 0 Å². The van der Waals surface area contributed by atoms with E-state index in [4.69, 9.17) is 4.74 Å². The first kappa shape index (κ1) is 22.4. The van der Waals surface area contributed by atoms with Crippen LogP contribution < -0.4 is 4.74 Å². The number of rotatable bonds is 6. The molecule has 0 fully saturated rings. The minimum Gasteiger partial charge on any atom is -0.491 e. The number of hydrogen-bond donors (Lipinski definition) is 0. The van der Waals surface area contributed by atoms with Crippen molar-refractivity contribution in [2.24, 2.45) is 0 Å². The minimum atomic E-state index is -0.884. The van der Waals surface area contributed by atoms with Gasteiger partial charge in [-0.3, -0.25) is 0 Å². The predicted octanol–water partition coefficient (Wildman–Crippen LogP) is 8.32. The fourth-order valence-corrected chi connectivity index (χ4v) is 3.57. The molecule has 0 spiro atoms. The first-order valence-corrected chi connectivity index (χ1v) is 10.7. The molecule has 0 atom stereocenters. The fraction of sp³-hybridized carbons (Fsp3) is 0.103. The zero-order chi connectivity index (χ0) is 23.4. The minimum absolute atomic E-state index is 0.168. The lowest BCUT2D eigenvalue weighted by atomic mass is 10.0. The number of ether oxygens (including phenoxy) is 1. The molecule has 4 aromatic carbocycles. The van der Waals surface area contributed by atoms with Crippen molar-refractivity contribution < 1.29 is 17.9 Å². The Kier molecular flexibility index (Phi) is 6.64. The van der Waals surface area contributed by atoms with E-state index >= 15 is 0 Å². The van der Waals surface area contributed by atoms with Crippen LogP contribution >= 0.6 is 0 Å². The molecule has 0 saturated heterocycles. The molecule has 33 heavy (non-hydrogen) atoms. The molecule has 0 heterocycles. The Morgan fingerprint density at radius 2 is 1.36 bits per heavy atom. The summed E-state index contributed by atoms with van der Waals surface area (Å²) >= 11 is 0. The van der Waals surface area contributed by atoms with Gasteiger partial charge in [0.15, 0.2) is 23.2 Å². The van der Waals surface area contributed by atoms with Gasteiger partial charge in [-0.05, 0) is 48.2 Å². The maximum absolute atomic E-state index is 14.7. The highest BCUT2D eigenvalue weighted by atomic mass is 19.2. The summed E-state index contributed by atoms with van der Waals surface area (Å²) in [5.74, 6) is -1.94. The average molecular weight is 444 g/mol. The van der Waals surface area contributed by atoms with Crippen molar-refractivity contribution >= 4 is 12.2 Å². The van der Waals surface area contributed by atoms with Gasteiger partial charge in [-0.1, -0.05) is 84.4 Å². The van der Waals surface area contributed by atoms with E-state index in [0.717, 1.165) is 22.3 Å². The lowest BCUT2D eigenvalue weighted by Crippen LogP contribution is -1.94. The molecule has 0 aliphatic heterocycles. The first-order valence-electron chi connectivity index (χ1n) is 10.7. The molecule has 0 unspecified atom stereocenters. The second-order valence-electron chi connectivity index (χ2n) is 7.73. The second-order valence-corrected chi connectivity index (χ2v) is 7.73. The first-order chi connectivity index (χ1) is 16.0. The monoisotopic (exact) mass is 444 g/mol. The molecule has 0 bridgehead atoms. The third-order valence-corrected chi connectivity index (χ3v) is 5.41. The molecule has 0 amide bonds. The van der Waals surface area contributed by atoms with Crippen LogP contribution in [0.25, 0.3) is 34.4 Å². The van der Waals surface area contributed by atoms with Crippen LogP contribution in [-0.2, 0) is 0 Å². The van der Waals surface area contributed by atoms with Gasteiger partial charge in [0.25, 0.3) is 0 Å². The van der Waals surface area contributed by atoms with Crippen LogP contribution in [0, 0.1) is 24.4 Å². The van der Waals surface area contributed by atoms with E-state index in [1.807, 2.05) is 43.3 Å². The summed E-state index contributed by atoms with van der Waals surface area (Å²) < 4.78 is 48.7. The molecule has 1 nitrogen and oxygen atoms in total. The number of aryl methyl sites for hydroxylation is 1. The Hall–Kier alpha value is -3.79. The molecule has 4 aromatic rings. The Bertz CT molecular complexity index is 1290. The van der Waals surface area contributed by atoms with Gasteiger partial charge in [-0.2, -0.15) is 0 Å². The highest BCUT2D eigenvalue weighted by molar-refractivity contribution is 5.74. The van der Waals surface area contributed by atoms with Crippen molar-refractivity contribution in [3.8, 4) is 28.0 Å². The van der Waals surface area contributed by atoms with Crippen LogP contribution in [0.1, 0.15) is 23.6 Å². The van der Waals surface area contributed by atoms with Crippen molar-refractivity contribution in [3.63, 3.8) is 0 Å². The van der Waals surface area contributed by atoms with E-state index in [1.165, 1.54) is 6.07 Å². The molecule has 0 radical (unpaired) electrons. The van der Waals surface area contributed by atoms with Gasteiger partial charge in [-0.25, -0.2) is 13.2 Å². The Morgan fingerprint density at radius 1 is 0.697 bits per heavy atom. The topological polar surface area (TPSA) is 9.23 Å². The molecule has 4 rings (SSSR count). The van der Waals surface area contributed by atoms with E-state index in [1.54, 1.807) is 55.5 Å². The average Bonchev–Trinajstić information content (AvgIpc) is 2.82. The van der Waals surface area contributed by atoms with Crippen LogP contribution in [0.4, 0.5) is 13.2 Å². The van der Waals surface area contributed by atoms with Crippen molar-refractivity contribution in [3.05, 3.63) is 113 Å². The summed E-state index contributed by atoms with van der Waals surface area (Å²) in [6.07, 6.45) is 3.26. The molecular formula is C29H23F3O. The SMILES string of the molecule is CCOc1ccc(-c2ccc(/C=C/c3ccc(-c4ccc(C)cc4)c(F)c3F)cc2)cc1F. The van der Waals surface area contributed by atoms with Gasteiger partial charge >= 0.3 is 0 Å². The Balaban J connectivity index is 1.53. The Morgan fingerprint density at radius 3 is 2.03 bits per heavy atom. The summed E-state index contributed by atoms with van der Waals surface area (Å²) in [6, 6.07) is 22.7. The lowest BCUT2D eigenvalue weighted by molar-refractivity contribution is 0.321. The summed E-state index contributed by atoms with van der Waals surface area (Å²) in [5.41, 5.74) is 4.47. The second kappa shape index (κ2) is 9.78. The number of halogens is 3. The number of benzene rings is 4. The lowest BCUT2D eigenvalue weighted by Gasteiger charge is -2.08. The normalized spacial score (nSPS) is 11.2. The molecule has 166 valence electrons. The quantitative estimate of drug-likeness (QED) is 0.272. The highest BCUT2D eigenvalue weighted by Crippen LogP contribution is 2.29. The Labute approximate surface area is 191 Å². The molecule has 0 aromatic heterocycles.